The molecule has 1 aromatic rings. The highest BCUT2D eigenvalue weighted by atomic mass is 32.2. The number of amides is 2. The third-order valence-corrected chi connectivity index (χ3v) is 8.38. The Kier molecular flexibility index (Phi) is 6.68. The Morgan fingerprint density at radius 1 is 1.23 bits per heavy atom. The van der Waals surface area contributed by atoms with E-state index in [4.69, 9.17) is 4.74 Å². The first-order valence-electron chi connectivity index (χ1n) is 10.0. The summed E-state index contributed by atoms with van der Waals surface area (Å²) in [5.74, 6) is -0.787. The summed E-state index contributed by atoms with van der Waals surface area (Å²) in [5, 5.41) is 2.60. The molecule has 0 spiro atoms. The number of hydrogen-bond acceptors (Lipinski definition) is 7. The first-order chi connectivity index (χ1) is 14.4. The number of esters is 1. The summed E-state index contributed by atoms with van der Waals surface area (Å²) in [6, 6.07) is 4.75. The highest BCUT2D eigenvalue weighted by Crippen LogP contribution is 2.47. The van der Waals surface area contributed by atoms with Gasteiger partial charge in [-0.2, -0.15) is 0 Å². The Morgan fingerprint density at radius 2 is 1.87 bits per heavy atom. The molecule has 3 rings (SSSR count). The molecule has 0 radical (unpaired) electrons. The van der Waals surface area contributed by atoms with Crippen molar-refractivity contribution in [3.63, 3.8) is 0 Å². The van der Waals surface area contributed by atoms with Crippen molar-refractivity contribution in [1.82, 2.24) is 9.62 Å². The minimum atomic E-state index is -3.63. The lowest BCUT2D eigenvalue weighted by Crippen LogP contribution is -2.48. The van der Waals surface area contributed by atoms with Gasteiger partial charge in [0.25, 0.3) is 5.91 Å². The standard InChI is InChI=1S/C20H27N3O6S2/c1-12(2)22-31(27,28)15-7-5-14(6-8-15)21-18(25)13(3)29-19(26)16-11-30-20(4)10-9-17(24)23(16)20/h5-8,12-13,16,22H,9-11H2,1-4H3,(H,21,25)/t13-,16-,20-/m0/s1. The molecule has 2 heterocycles. The number of rotatable bonds is 7. The highest BCUT2D eigenvalue weighted by Gasteiger charge is 2.53. The summed E-state index contributed by atoms with van der Waals surface area (Å²) in [4.78, 5) is 38.5. The summed E-state index contributed by atoms with van der Waals surface area (Å²) < 4.78 is 32.1. The number of anilines is 1. The van der Waals surface area contributed by atoms with E-state index in [0.29, 0.717) is 24.3 Å². The lowest BCUT2D eigenvalue weighted by Gasteiger charge is -2.29. The Morgan fingerprint density at radius 3 is 2.48 bits per heavy atom. The van der Waals surface area contributed by atoms with Gasteiger partial charge in [0, 0.05) is 23.9 Å². The van der Waals surface area contributed by atoms with Gasteiger partial charge < -0.3 is 15.0 Å². The fourth-order valence-electron chi connectivity index (χ4n) is 3.64. The number of nitrogens with one attached hydrogen (secondary N) is 2. The van der Waals surface area contributed by atoms with E-state index < -0.39 is 38.9 Å². The Balaban J connectivity index is 1.58. The van der Waals surface area contributed by atoms with Crippen LogP contribution in [0, 0.1) is 0 Å². The van der Waals surface area contributed by atoms with Crippen molar-refractivity contribution >= 4 is 45.3 Å². The zero-order chi connectivity index (χ0) is 23.0. The van der Waals surface area contributed by atoms with Crippen LogP contribution in [0.2, 0.25) is 0 Å². The molecule has 0 bridgehead atoms. The van der Waals surface area contributed by atoms with Gasteiger partial charge in [-0.3, -0.25) is 9.59 Å². The van der Waals surface area contributed by atoms with E-state index in [-0.39, 0.29) is 16.8 Å². The minimum absolute atomic E-state index is 0.0754. The predicted molar refractivity (Wildman–Crippen MR) is 117 cm³/mol. The van der Waals surface area contributed by atoms with Gasteiger partial charge in [0.15, 0.2) is 6.10 Å². The van der Waals surface area contributed by atoms with Crippen molar-refractivity contribution in [3.8, 4) is 0 Å². The van der Waals surface area contributed by atoms with E-state index >= 15 is 0 Å². The second-order valence-electron chi connectivity index (χ2n) is 8.13. The molecule has 31 heavy (non-hydrogen) atoms. The molecule has 0 saturated carbocycles. The van der Waals surface area contributed by atoms with Crippen LogP contribution < -0.4 is 10.0 Å². The maximum atomic E-state index is 12.6. The smallest absolute Gasteiger partial charge is 0.330 e. The zero-order valence-corrected chi connectivity index (χ0v) is 19.5. The number of carbonyl (C=O) groups excluding carboxylic acids is 3. The molecule has 2 aliphatic rings. The number of nitrogens with zero attached hydrogens (tertiary/aromatic N) is 1. The maximum Gasteiger partial charge on any atom is 0.330 e. The molecule has 170 valence electrons. The first-order valence-corrected chi connectivity index (χ1v) is 12.5. The summed E-state index contributed by atoms with van der Waals surface area (Å²) in [7, 11) is -3.63. The molecule has 2 amide bonds. The van der Waals surface area contributed by atoms with Gasteiger partial charge in [-0.25, -0.2) is 17.9 Å². The van der Waals surface area contributed by atoms with Gasteiger partial charge in [0.2, 0.25) is 15.9 Å². The molecule has 0 unspecified atom stereocenters. The Bertz CT molecular complexity index is 979. The number of thioether (sulfide) groups is 1. The van der Waals surface area contributed by atoms with Crippen LogP contribution in [0.5, 0.6) is 0 Å². The van der Waals surface area contributed by atoms with E-state index in [1.165, 1.54) is 31.2 Å². The van der Waals surface area contributed by atoms with Gasteiger partial charge >= 0.3 is 5.97 Å². The van der Waals surface area contributed by atoms with Crippen molar-refractivity contribution in [2.45, 2.75) is 68.5 Å². The van der Waals surface area contributed by atoms with Crippen LogP contribution in [-0.4, -0.2) is 59.9 Å². The zero-order valence-electron chi connectivity index (χ0n) is 17.9. The molecule has 2 N–H and O–H groups in total. The lowest BCUT2D eigenvalue weighted by atomic mass is 10.2. The number of carbonyl (C=O) groups is 3. The lowest BCUT2D eigenvalue weighted by molar-refractivity contribution is -0.160. The van der Waals surface area contributed by atoms with Crippen LogP contribution in [0.3, 0.4) is 0 Å². The second kappa shape index (κ2) is 8.79. The average molecular weight is 470 g/mol. The van der Waals surface area contributed by atoms with E-state index in [2.05, 4.69) is 10.0 Å². The number of benzene rings is 1. The fourth-order valence-corrected chi connectivity index (χ4v) is 6.31. The normalized spacial score (nSPS) is 24.2. The molecule has 2 saturated heterocycles. The first kappa shape index (κ1) is 23.6. The SMILES string of the molecule is CC(C)NS(=O)(=O)c1ccc(NC(=O)[C@H](C)OC(=O)[C@@H]2CS[C@@]3(C)CCC(=O)N23)cc1. The quantitative estimate of drug-likeness (QED) is 0.583. The van der Waals surface area contributed by atoms with Crippen molar-refractivity contribution in [1.29, 1.82) is 0 Å². The summed E-state index contributed by atoms with van der Waals surface area (Å²) in [6.07, 6.45) is 0.0178. The largest absolute Gasteiger partial charge is 0.451 e. The van der Waals surface area contributed by atoms with Gasteiger partial charge in [0.1, 0.15) is 6.04 Å². The predicted octanol–water partition coefficient (Wildman–Crippen LogP) is 1.70. The molecule has 3 atom stereocenters. The molecule has 2 fully saturated rings. The number of hydrogen-bond donors (Lipinski definition) is 2. The third kappa shape index (κ3) is 5.04. The number of fused-ring (bicyclic) bond motifs is 1. The summed E-state index contributed by atoms with van der Waals surface area (Å²) in [6.45, 7) is 6.83. The molecule has 11 heteroatoms. The van der Waals surface area contributed by atoms with Gasteiger partial charge in [-0.05, 0) is 58.4 Å². The summed E-state index contributed by atoms with van der Waals surface area (Å²) >= 11 is 1.55. The van der Waals surface area contributed by atoms with Crippen LogP contribution in [0.1, 0.15) is 40.5 Å². The Labute approximate surface area is 186 Å². The topological polar surface area (TPSA) is 122 Å². The number of ether oxygens (including phenoxy) is 1. The van der Waals surface area contributed by atoms with Crippen molar-refractivity contribution in [3.05, 3.63) is 24.3 Å². The van der Waals surface area contributed by atoms with E-state index in [9.17, 15) is 22.8 Å². The van der Waals surface area contributed by atoms with Crippen LogP contribution in [0.4, 0.5) is 5.69 Å². The molecule has 2 aliphatic heterocycles. The van der Waals surface area contributed by atoms with E-state index in [1.54, 1.807) is 30.5 Å². The molecular formula is C20H27N3O6S2. The van der Waals surface area contributed by atoms with Gasteiger partial charge in [0.05, 0.1) is 9.77 Å². The van der Waals surface area contributed by atoms with Gasteiger partial charge in [-0.1, -0.05) is 0 Å². The second-order valence-corrected chi connectivity index (χ2v) is 11.3. The van der Waals surface area contributed by atoms with Crippen LogP contribution in [0.15, 0.2) is 29.2 Å². The number of sulfonamides is 1. The third-order valence-electron chi connectivity index (χ3n) is 5.20. The van der Waals surface area contributed by atoms with Crippen LogP contribution in [0.25, 0.3) is 0 Å². The fraction of sp³-hybridized carbons (Fsp3) is 0.550. The van der Waals surface area contributed by atoms with Gasteiger partial charge in [-0.15, -0.1) is 11.8 Å². The minimum Gasteiger partial charge on any atom is -0.451 e. The Hall–Kier alpha value is -2.11. The molecule has 9 nitrogen and oxygen atoms in total. The molecule has 0 aromatic heterocycles. The molecule has 0 aliphatic carbocycles. The van der Waals surface area contributed by atoms with E-state index in [0.717, 1.165) is 0 Å². The summed E-state index contributed by atoms with van der Waals surface area (Å²) in [5.41, 5.74) is 0.370. The van der Waals surface area contributed by atoms with Crippen LogP contribution in [-0.2, 0) is 29.1 Å². The van der Waals surface area contributed by atoms with Crippen molar-refractivity contribution < 1.29 is 27.5 Å². The monoisotopic (exact) mass is 469 g/mol. The maximum absolute atomic E-state index is 12.6. The average Bonchev–Trinajstić information content (AvgIpc) is 3.17. The van der Waals surface area contributed by atoms with E-state index in [1.807, 2.05) is 6.92 Å². The molecular weight excluding hydrogens is 442 g/mol. The highest BCUT2D eigenvalue weighted by molar-refractivity contribution is 8.01. The van der Waals surface area contributed by atoms with Crippen molar-refractivity contribution in [2.24, 2.45) is 0 Å². The van der Waals surface area contributed by atoms with Crippen molar-refractivity contribution in [2.75, 3.05) is 11.1 Å². The van der Waals surface area contributed by atoms with Crippen LogP contribution >= 0.6 is 11.8 Å². The molecule has 1 aromatic carbocycles.